The fourth-order valence-electron chi connectivity index (χ4n) is 2.46. The Morgan fingerprint density at radius 2 is 1.88 bits per heavy atom. The maximum Gasteiger partial charge on any atom is 0.339 e. The van der Waals surface area contributed by atoms with Crippen molar-refractivity contribution in [3.8, 4) is 17.2 Å². The molecule has 0 unspecified atom stereocenters. The van der Waals surface area contributed by atoms with E-state index in [-0.39, 0.29) is 12.4 Å². The zero-order chi connectivity index (χ0) is 18.7. The first-order chi connectivity index (χ1) is 12.5. The third-order valence-corrected chi connectivity index (χ3v) is 3.87. The van der Waals surface area contributed by atoms with Gasteiger partial charge < -0.3 is 24.3 Å². The number of hydrogen-bond donors (Lipinski definition) is 1. The van der Waals surface area contributed by atoms with Crippen molar-refractivity contribution < 1.29 is 28.5 Å². The number of amides is 1. The van der Waals surface area contributed by atoms with Gasteiger partial charge in [-0.25, -0.2) is 4.79 Å². The molecule has 1 aliphatic rings. The second kappa shape index (κ2) is 7.35. The van der Waals surface area contributed by atoms with Crippen LogP contribution in [-0.2, 0) is 9.53 Å². The molecule has 1 atom stereocenters. The average Bonchev–Trinajstić information content (AvgIpc) is 3.09. The molecule has 1 heterocycles. The predicted molar refractivity (Wildman–Crippen MR) is 93.8 cm³/mol. The summed E-state index contributed by atoms with van der Waals surface area (Å²) in [5.74, 6) is 0.489. The third-order valence-electron chi connectivity index (χ3n) is 3.87. The number of methoxy groups -OCH3 is 1. The van der Waals surface area contributed by atoms with Crippen LogP contribution < -0.4 is 19.5 Å². The van der Waals surface area contributed by atoms with Gasteiger partial charge in [-0.1, -0.05) is 6.07 Å². The summed E-state index contributed by atoms with van der Waals surface area (Å²) in [7, 11) is 1.52. The Kier molecular flexibility index (Phi) is 4.97. The first kappa shape index (κ1) is 17.6. The molecular formula is C19H19NO6. The van der Waals surface area contributed by atoms with Gasteiger partial charge in [0.2, 0.25) is 6.79 Å². The van der Waals surface area contributed by atoms with Crippen LogP contribution >= 0.6 is 0 Å². The summed E-state index contributed by atoms with van der Waals surface area (Å²) in [6, 6.07) is 10.1. The Morgan fingerprint density at radius 1 is 1.12 bits per heavy atom. The van der Waals surface area contributed by atoms with Crippen LogP contribution in [-0.4, -0.2) is 31.9 Å². The summed E-state index contributed by atoms with van der Waals surface area (Å²) < 4.78 is 20.9. The lowest BCUT2D eigenvalue weighted by Gasteiger charge is -2.15. The average molecular weight is 357 g/mol. The van der Waals surface area contributed by atoms with Gasteiger partial charge in [0.1, 0.15) is 5.75 Å². The zero-order valence-electron chi connectivity index (χ0n) is 14.7. The molecule has 0 radical (unpaired) electrons. The minimum absolute atomic E-state index is 0.116. The number of ether oxygens (including phenoxy) is 4. The van der Waals surface area contributed by atoms with Crippen LogP contribution in [0.1, 0.15) is 22.8 Å². The molecule has 1 aliphatic heterocycles. The molecule has 0 aliphatic carbocycles. The van der Waals surface area contributed by atoms with Crippen LogP contribution in [0.5, 0.6) is 17.2 Å². The number of esters is 1. The number of rotatable bonds is 5. The summed E-state index contributed by atoms with van der Waals surface area (Å²) in [4.78, 5) is 24.6. The Morgan fingerprint density at radius 3 is 2.65 bits per heavy atom. The predicted octanol–water partition coefficient (Wildman–Crippen LogP) is 2.92. The van der Waals surface area contributed by atoms with Crippen molar-refractivity contribution in [1.82, 2.24) is 0 Å². The molecule has 1 amide bonds. The molecule has 136 valence electrons. The number of aryl methyl sites for hydroxylation is 1. The van der Waals surface area contributed by atoms with Crippen LogP contribution in [0.3, 0.4) is 0 Å². The molecule has 0 aromatic heterocycles. The largest absolute Gasteiger partial charge is 0.495 e. The molecule has 7 nitrogen and oxygen atoms in total. The zero-order valence-corrected chi connectivity index (χ0v) is 14.7. The minimum Gasteiger partial charge on any atom is -0.495 e. The first-order valence-electron chi connectivity index (χ1n) is 8.04. The number of anilines is 1. The van der Waals surface area contributed by atoms with E-state index in [9.17, 15) is 9.59 Å². The van der Waals surface area contributed by atoms with E-state index in [0.29, 0.717) is 22.9 Å². The van der Waals surface area contributed by atoms with E-state index < -0.39 is 18.0 Å². The maximum absolute atomic E-state index is 12.4. The molecule has 2 aromatic carbocycles. The van der Waals surface area contributed by atoms with Crippen LogP contribution in [0, 0.1) is 6.92 Å². The van der Waals surface area contributed by atoms with Gasteiger partial charge in [-0.15, -0.1) is 0 Å². The van der Waals surface area contributed by atoms with Gasteiger partial charge in [0, 0.05) is 0 Å². The molecule has 1 N–H and O–H groups in total. The molecule has 0 fully saturated rings. The number of nitrogens with one attached hydrogen (secondary N) is 1. The molecular weight excluding hydrogens is 338 g/mol. The third kappa shape index (κ3) is 3.72. The van der Waals surface area contributed by atoms with E-state index >= 15 is 0 Å². The minimum atomic E-state index is -0.988. The van der Waals surface area contributed by atoms with Crippen molar-refractivity contribution in [3.63, 3.8) is 0 Å². The van der Waals surface area contributed by atoms with Crippen LogP contribution in [0.15, 0.2) is 36.4 Å². The molecule has 26 heavy (non-hydrogen) atoms. The van der Waals surface area contributed by atoms with Crippen molar-refractivity contribution in [3.05, 3.63) is 47.5 Å². The smallest absolute Gasteiger partial charge is 0.339 e. The first-order valence-corrected chi connectivity index (χ1v) is 8.04. The van der Waals surface area contributed by atoms with E-state index in [0.717, 1.165) is 5.56 Å². The normalized spacial score (nSPS) is 13.0. The lowest BCUT2D eigenvalue weighted by atomic mass is 10.2. The van der Waals surface area contributed by atoms with Crippen molar-refractivity contribution in [2.24, 2.45) is 0 Å². The van der Waals surface area contributed by atoms with Gasteiger partial charge in [0.15, 0.2) is 17.6 Å². The van der Waals surface area contributed by atoms with Crippen molar-refractivity contribution in [2.75, 3.05) is 19.2 Å². The van der Waals surface area contributed by atoms with Gasteiger partial charge in [-0.2, -0.15) is 0 Å². The van der Waals surface area contributed by atoms with E-state index in [4.69, 9.17) is 18.9 Å². The highest BCUT2D eigenvalue weighted by Gasteiger charge is 2.22. The standard InChI is InChI=1S/C19H19NO6/c1-11-4-6-15(23-3)14(8-11)20-18(21)12(2)26-19(22)13-5-7-16-17(9-13)25-10-24-16/h4-9,12H,10H2,1-3H3,(H,20,21)/t12-/m1/s1. The van der Waals surface area contributed by atoms with E-state index in [1.54, 1.807) is 24.3 Å². The number of fused-ring (bicyclic) bond motifs is 1. The lowest BCUT2D eigenvalue weighted by molar-refractivity contribution is -0.123. The molecule has 0 bridgehead atoms. The van der Waals surface area contributed by atoms with Gasteiger partial charge in [-0.3, -0.25) is 4.79 Å². The van der Waals surface area contributed by atoms with Gasteiger partial charge in [0.05, 0.1) is 18.4 Å². The second-order valence-electron chi connectivity index (χ2n) is 5.81. The molecule has 0 saturated heterocycles. The monoisotopic (exact) mass is 357 g/mol. The summed E-state index contributed by atoms with van der Waals surface area (Å²) in [5.41, 5.74) is 1.76. The highest BCUT2D eigenvalue weighted by Crippen LogP contribution is 2.32. The number of carbonyl (C=O) groups excluding carboxylic acids is 2. The molecule has 7 heteroatoms. The van der Waals surface area contributed by atoms with Gasteiger partial charge in [-0.05, 0) is 49.7 Å². The van der Waals surface area contributed by atoms with E-state index in [2.05, 4.69) is 5.32 Å². The van der Waals surface area contributed by atoms with E-state index in [1.807, 2.05) is 13.0 Å². The Labute approximate surface area is 150 Å². The number of hydrogen-bond acceptors (Lipinski definition) is 6. The maximum atomic E-state index is 12.4. The van der Waals surface area contributed by atoms with Gasteiger partial charge >= 0.3 is 5.97 Å². The highest BCUT2D eigenvalue weighted by molar-refractivity contribution is 5.98. The Hall–Kier alpha value is -3.22. The SMILES string of the molecule is COc1ccc(C)cc1NC(=O)[C@@H](C)OC(=O)c1ccc2c(c1)OCO2. The van der Waals surface area contributed by atoms with Crippen molar-refractivity contribution in [2.45, 2.75) is 20.0 Å². The fourth-order valence-corrected chi connectivity index (χ4v) is 2.46. The highest BCUT2D eigenvalue weighted by atomic mass is 16.7. The Bertz CT molecular complexity index is 848. The number of benzene rings is 2. The topological polar surface area (TPSA) is 83.1 Å². The van der Waals surface area contributed by atoms with Crippen LogP contribution in [0.4, 0.5) is 5.69 Å². The Balaban J connectivity index is 1.66. The summed E-state index contributed by atoms with van der Waals surface area (Å²) in [6.07, 6.45) is -0.988. The molecule has 2 aromatic rings. The quantitative estimate of drug-likeness (QED) is 0.829. The van der Waals surface area contributed by atoms with Gasteiger partial charge in [0.25, 0.3) is 5.91 Å². The lowest BCUT2D eigenvalue weighted by Crippen LogP contribution is -2.30. The van der Waals surface area contributed by atoms with Crippen LogP contribution in [0.2, 0.25) is 0 Å². The summed E-state index contributed by atoms with van der Waals surface area (Å²) >= 11 is 0. The van der Waals surface area contributed by atoms with Crippen molar-refractivity contribution >= 4 is 17.6 Å². The van der Waals surface area contributed by atoms with E-state index in [1.165, 1.54) is 20.1 Å². The van der Waals surface area contributed by atoms with Crippen LogP contribution in [0.25, 0.3) is 0 Å². The molecule has 3 rings (SSSR count). The molecule has 0 spiro atoms. The fraction of sp³-hybridized carbons (Fsp3) is 0.263. The van der Waals surface area contributed by atoms with Crippen molar-refractivity contribution in [1.29, 1.82) is 0 Å². The summed E-state index contributed by atoms with van der Waals surface area (Å²) in [6.45, 7) is 3.52. The number of carbonyl (C=O) groups is 2. The summed E-state index contributed by atoms with van der Waals surface area (Å²) in [5, 5.41) is 2.71. The second-order valence-corrected chi connectivity index (χ2v) is 5.81. The molecule has 0 saturated carbocycles.